The van der Waals surface area contributed by atoms with Gasteiger partial charge < -0.3 is 9.16 Å². The van der Waals surface area contributed by atoms with E-state index in [1.54, 1.807) is 0 Å². The van der Waals surface area contributed by atoms with E-state index in [1.165, 1.54) is 27.8 Å². The van der Waals surface area contributed by atoms with Gasteiger partial charge >= 0.3 is 0 Å². The van der Waals surface area contributed by atoms with Crippen LogP contribution in [0.15, 0.2) is 30.3 Å². The van der Waals surface area contributed by atoms with Crippen molar-refractivity contribution in [3.8, 4) is 22.6 Å². The Bertz CT molecular complexity index is 857. The number of ether oxygens (including phenoxy) is 1. The van der Waals surface area contributed by atoms with Gasteiger partial charge in [-0.2, -0.15) is 0 Å². The summed E-state index contributed by atoms with van der Waals surface area (Å²) in [6, 6.07) is 10.9. The van der Waals surface area contributed by atoms with Crippen LogP contribution in [0.1, 0.15) is 51.3 Å². The zero-order chi connectivity index (χ0) is 19.5. The summed E-state index contributed by atoms with van der Waals surface area (Å²) >= 11 is 0. The number of fused-ring (bicyclic) bond motifs is 3. The van der Waals surface area contributed by atoms with Crippen LogP contribution < -0.4 is 9.16 Å². The molecule has 0 fully saturated rings. The van der Waals surface area contributed by atoms with Crippen LogP contribution in [0.5, 0.6) is 11.5 Å². The summed E-state index contributed by atoms with van der Waals surface area (Å²) in [5.41, 5.74) is 5.81. The van der Waals surface area contributed by atoms with Crippen LogP contribution in [-0.2, 0) is 5.60 Å². The Morgan fingerprint density at radius 1 is 0.923 bits per heavy atom. The first-order chi connectivity index (χ1) is 11.8. The molecule has 0 bridgehead atoms. The summed E-state index contributed by atoms with van der Waals surface area (Å²) < 4.78 is 12.9. The molecule has 0 N–H and O–H groups in total. The van der Waals surface area contributed by atoms with Gasteiger partial charge in [-0.1, -0.05) is 26.8 Å². The molecule has 0 saturated heterocycles. The SMILES string of the molecule is Cc1cc2c(cc1C)-c1ccc(O[Si](C)(C)C(C)(C)C)cc1C(C)(C)O2. The van der Waals surface area contributed by atoms with E-state index in [2.05, 4.69) is 91.9 Å². The van der Waals surface area contributed by atoms with Crippen molar-refractivity contribution in [2.24, 2.45) is 0 Å². The molecule has 0 aliphatic carbocycles. The molecule has 140 valence electrons. The smallest absolute Gasteiger partial charge is 0.250 e. The molecule has 0 spiro atoms. The molecule has 0 aromatic heterocycles. The van der Waals surface area contributed by atoms with E-state index in [0.717, 1.165) is 11.5 Å². The molecule has 3 heteroatoms. The number of rotatable bonds is 2. The van der Waals surface area contributed by atoms with E-state index in [1.807, 2.05) is 0 Å². The average molecular weight is 369 g/mol. The first-order valence-electron chi connectivity index (χ1n) is 9.46. The number of aryl methyl sites for hydroxylation is 2. The molecular formula is C23H32O2Si. The van der Waals surface area contributed by atoms with Crippen molar-refractivity contribution >= 4 is 8.32 Å². The van der Waals surface area contributed by atoms with Crippen LogP contribution in [0, 0.1) is 13.8 Å². The maximum absolute atomic E-state index is 6.54. The molecule has 2 aromatic rings. The van der Waals surface area contributed by atoms with Crippen molar-refractivity contribution in [3.63, 3.8) is 0 Å². The Morgan fingerprint density at radius 3 is 2.15 bits per heavy atom. The van der Waals surface area contributed by atoms with Gasteiger partial charge in [0.25, 0.3) is 0 Å². The van der Waals surface area contributed by atoms with Gasteiger partial charge in [0.05, 0.1) is 0 Å². The van der Waals surface area contributed by atoms with E-state index < -0.39 is 8.32 Å². The molecule has 2 aromatic carbocycles. The lowest BCUT2D eigenvalue weighted by molar-refractivity contribution is 0.105. The van der Waals surface area contributed by atoms with Gasteiger partial charge in [-0.15, -0.1) is 0 Å². The maximum Gasteiger partial charge on any atom is 0.250 e. The van der Waals surface area contributed by atoms with Crippen molar-refractivity contribution in [2.45, 2.75) is 72.2 Å². The monoisotopic (exact) mass is 368 g/mol. The van der Waals surface area contributed by atoms with Crippen molar-refractivity contribution in [1.82, 2.24) is 0 Å². The molecule has 26 heavy (non-hydrogen) atoms. The van der Waals surface area contributed by atoms with Gasteiger partial charge in [0, 0.05) is 11.1 Å². The minimum atomic E-state index is -1.87. The van der Waals surface area contributed by atoms with Crippen LogP contribution >= 0.6 is 0 Å². The van der Waals surface area contributed by atoms with Crippen LogP contribution in [-0.4, -0.2) is 8.32 Å². The second-order valence-electron chi connectivity index (χ2n) is 9.61. The topological polar surface area (TPSA) is 18.5 Å². The van der Waals surface area contributed by atoms with Crippen molar-refractivity contribution < 1.29 is 9.16 Å². The Kier molecular flexibility index (Phi) is 4.31. The summed E-state index contributed by atoms with van der Waals surface area (Å²) in [6.07, 6.45) is 0. The maximum atomic E-state index is 6.54. The second kappa shape index (κ2) is 5.88. The zero-order valence-electron chi connectivity index (χ0n) is 17.7. The van der Waals surface area contributed by atoms with Gasteiger partial charge in [0.15, 0.2) is 0 Å². The quantitative estimate of drug-likeness (QED) is 0.532. The fourth-order valence-electron chi connectivity index (χ4n) is 3.18. The van der Waals surface area contributed by atoms with Crippen LogP contribution in [0.4, 0.5) is 0 Å². The van der Waals surface area contributed by atoms with E-state index in [-0.39, 0.29) is 10.6 Å². The summed E-state index contributed by atoms with van der Waals surface area (Å²) in [5.74, 6) is 1.93. The van der Waals surface area contributed by atoms with E-state index in [9.17, 15) is 0 Å². The van der Waals surface area contributed by atoms with Gasteiger partial charge in [-0.3, -0.25) is 0 Å². The lowest BCUT2D eigenvalue weighted by Crippen LogP contribution is -2.44. The molecule has 0 radical (unpaired) electrons. The van der Waals surface area contributed by atoms with Gasteiger partial charge in [0.2, 0.25) is 8.32 Å². The highest BCUT2D eigenvalue weighted by molar-refractivity contribution is 6.74. The third-order valence-corrected chi connectivity index (χ3v) is 10.4. The number of hydrogen-bond acceptors (Lipinski definition) is 2. The minimum absolute atomic E-state index is 0.177. The Balaban J connectivity index is 2.10. The molecule has 1 aliphatic heterocycles. The van der Waals surface area contributed by atoms with E-state index in [0.29, 0.717) is 0 Å². The number of benzene rings is 2. The minimum Gasteiger partial charge on any atom is -0.543 e. The Hall–Kier alpha value is -1.74. The predicted octanol–water partition coefficient (Wildman–Crippen LogP) is 6.98. The lowest BCUT2D eigenvalue weighted by Gasteiger charge is -2.38. The largest absolute Gasteiger partial charge is 0.543 e. The van der Waals surface area contributed by atoms with Crippen molar-refractivity contribution in [1.29, 1.82) is 0 Å². The van der Waals surface area contributed by atoms with E-state index in [4.69, 9.17) is 9.16 Å². The van der Waals surface area contributed by atoms with Crippen LogP contribution in [0.2, 0.25) is 18.1 Å². The zero-order valence-corrected chi connectivity index (χ0v) is 18.7. The normalized spacial score (nSPS) is 15.7. The lowest BCUT2D eigenvalue weighted by atomic mass is 9.85. The summed E-state index contributed by atoms with van der Waals surface area (Å²) in [4.78, 5) is 0. The summed E-state index contributed by atoms with van der Waals surface area (Å²) in [6.45, 7) is 20.0. The molecule has 0 amide bonds. The first-order valence-corrected chi connectivity index (χ1v) is 12.4. The van der Waals surface area contributed by atoms with Crippen molar-refractivity contribution in [2.75, 3.05) is 0 Å². The predicted molar refractivity (Wildman–Crippen MR) is 113 cm³/mol. The molecule has 0 unspecified atom stereocenters. The summed E-state index contributed by atoms with van der Waals surface area (Å²) in [7, 11) is -1.87. The van der Waals surface area contributed by atoms with Crippen LogP contribution in [0.25, 0.3) is 11.1 Å². The molecule has 0 saturated carbocycles. The second-order valence-corrected chi connectivity index (χ2v) is 14.3. The highest BCUT2D eigenvalue weighted by Crippen LogP contribution is 2.47. The van der Waals surface area contributed by atoms with Crippen LogP contribution in [0.3, 0.4) is 0 Å². The number of hydrogen-bond donors (Lipinski definition) is 0. The molecule has 0 atom stereocenters. The highest BCUT2D eigenvalue weighted by atomic mass is 28.4. The highest BCUT2D eigenvalue weighted by Gasteiger charge is 2.40. The molecule has 1 aliphatic rings. The first kappa shape index (κ1) is 19.0. The van der Waals surface area contributed by atoms with Gasteiger partial charge in [-0.05, 0) is 86.8 Å². The summed E-state index contributed by atoms with van der Waals surface area (Å²) in [5, 5.41) is 0.177. The fraction of sp³-hybridized carbons (Fsp3) is 0.478. The van der Waals surface area contributed by atoms with Gasteiger partial charge in [0.1, 0.15) is 17.1 Å². The average Bonchev–Trinajstić information content (AvgIpc) is 2.48. The van der Waals surface area contributed by atoms with E-state index >= 15 is 0 Å². The molecular weight excluding hydrogens is 336 g/mol. The Labute approximate surface area is 159 Å². The van der Waals surface area contributed by atoms with Crippen molar-refractivity contribution in [3.05, 3.63) is 47.0 Å². The molecule has 3 rings (SSSR count). The third-order valence-electron chi connectivity index (χ3n) is 6.07. The molecule has 2 nitrogen and oxygen atoms in total. The third kappa shape index (κ3) is 3.18. The standard InChI is InChI=1S/C23H32O2Si/c1-15-12-19-18-11-10-17(25-26(8,9)22(3,4)5)14-20(18)23(6,7)24-21(19)13-16(15)2/h10-14H,1-9H3. The fourth-order valence-corrected chi connectivity index (χ4v) is 4.20. The Morgan fingerprint density at radius 2 is 1.54 bits per heavy atom. The molecule has 1 heterocycles. The van der Waals surface area contributed by atoms with Gasteiger partial charge in [-0.25, -0.2) is 0 Å².